The van der Waals surface area contributed by atoms with E-state index in [1.54, 1.807) is 16.7 Å². The summed E-state index contributed by atoms with van der Waals surface area (Å²) in [6.45, 7) is 0.427. The number of nitrogens with zero attached hydrogens (tertiary/aromatic N) is 2. The van der Waals surface area contributed by atoms with Gasteiger partial charge in [0.05, 0.1) is 0 Å². The highest BCUT2D eigenvalue weighted by atomic mass is 35.5. The van der Waals surface area contributed by atoms with Gasteiger partial charge in [0.2, 0.25) is 0 Å². The highest BCUT2D eigenvalue weighted by Gasteiger charge is 2.07. The molecule has 0 aliphatic heterocycles. The fraction of sp³-hybridized carbons (Fsp3) is 0.111. The summed E-state index contributed by atoms with van der Waals surface area (Å²) in [4.78, 5) is 14.5. The molecule has 88 valence electrons. The molecule has 0 atom stereocenters. The summed E-state index contributed by atoms with van der Waals surface area (Å²) in [5.41, 5.74) is 7.05. The Kier molecular flexibility index (Phi) is 5.23. The van der Waals surface area contributed by atoms with Crippen molar-refractivity contribution in [3.63, 3.8) is 0 Å². The van der Waals surface area contributed by atoms with Crippen LogP contribution in [-0.4, -0.2) is 20.5 Å². The lowest BCUT2D eigenvalue weighted by Crippen LogP contribution is -1.97. The zero-order chi connectivity index (χ0) is 10.1. The number of aromatic nitrogens is 2. The van der Waals surface area contributed by atoms with Crippen LogP contribution in [0.4, 0.5) is 0 Å². The van der Waals surface area contributed by atoms with Crippen molar-refractivity contribution in [2.24, 2.45) is 5.73 Å². The Morgan fingerprint density at radius 2 is 2.06 bits per heavy atom. The zero-order valence-electron chi connectivity index (χ0n) is 8.16. The van der Waals surface area contributed by atoms with Crippen LogP contribution in [0.2, 0.25) is 0 Å². The molecule has 2 heterocycles. The first-order valence-corrected chi connectivity index (χ1v) is 4.11. The Hall–Kier alpha value is -1.30. The van der Waals surface area contributed by atoms with Crippen molar-refractivity contribution < 1.29 is 9.90 Å². The van der Waals surface area contributed by atoms with Crippen molar-refractivity contribution >= 4 is 36.4 Å². The van der Waals surface area contributed by atoms with Crippen LogP contribution < -0.4 is 5.73 Å². The summed E-state index contributed by atoms with van der Waals surface area (Å²) in [5.74, 6) is -1.03. The van der Waals surface area contributed by atoms with E-state index in [1.807, 2.05) is 6.07 Å². The molecule has 5 nitrogen and oxygen atoms in total. The third-order valence-corrected chi connectivity index (χ3v) is 1.97. The summed E-state index contributed by atoms with van der Waals surface area (Å²) >= 11 is 0. The van der Waals surface area contributed by atoms with Crippen molar-refractivity contribution in [3.8, 4) is 0 Å². The summed E-state index contributed by atoms with van der Waals surface area (Å²) in [6.07, 6.45) is 3.24. The first kappa shape index (κ1) is 14.7. The lowest BCUT2D eigenvalue weighted by molar-refractivity contribution is 0.0691. The van der Waals surface area contributed by atoms with Gasteiger partial charge in [0.15, 0.2) is 5.69 Å². The fourth-order valence-corrected chi connectivity index (χ4v) is 1.26. The number of pyridine rings is 1. The van der Waals surface area contributed by atoms with Gasteiger partial charge >= 0.3 is 5.97 Å². The van der Waals surface area contributed by atoms with Crippen LogP contribution in [0, 0.1) is 0 Å². The highest BCUT2D eigenvalue weighted by molar-refractivity contribution is 5.86. The van der Waals surface area contributed by atoms with E-state index in [4.69, 9.17) is 10.8 Å². The molecule has 7 heteroatoms. The van der Waals surface area contributed by atoms with Gasteiger partial charge in [-0.25, -0.2) is 9.78 Å². The normalized spacial score (nSPS) is 9.31. The van der Waals surface area contributed by atoms with E-state index < -0.39 is 5.97 Å². The molecule has 0 saturated heterocycles. The largest absolute Gasteiger partial charge is 0.476 e. The molecule has 0 saturated carbocycles. The van der Waals surface area contributed by atoms with Crippen LogP contribution in [0.1, 0.15) is 16.1 Å². The molecule has 0 aromatic carbocycles. The van der Waals surface area contributed by atoms with Crippen molar-refractivity contribution in [1.82, 2.24) is 9.38 Å². The summed E-state index contributed by atoms with van der Waals surface area (Å²) in [7, 11) is 0. The monoisotopic (exact) mass is 263 g/mol. The summed E-state index contributed by atoms with van der Waals surface area (Å²) in [5, 5.41) is 8.71. The molecule has 0 aliphatic carbocycles. The molecule has 0 amide bonds. The molecule has 0 spiro atoms. The second kappa shape index (κ2) is 5.69. The third-order valence-electron chi connectivity index (χ3n) is 1.97. The van der Waals surface area contributed by atoms with Gasteiger partial charge in [-0.15, -0.1) is 24.8 Å². The Morgan fingerprint density at radius 3 is 2.62 bits per heavy atom. The van der Waals surface area contributed by atoms with Crippen LogP contribution in [0.25, 0.3) is 5.65 Å². The Bertz CT molecular complexity index is 498. The molecule has 0 bridgehead atoms. The second-order valence-corrected chi connectivity index (χ2v) is 2.94. The Balaban J connectivity index is 0.00000112. The molecule has 2 aromatic rings. The molecule has 2 rings (SSSR count). The molecular formula is C9H11Cl2N3O2. The number of carbonyl (C=O) groups is 1. The minimum atomic E-state index is -1.03. The van der Waals surface area contributed by atoms with Crippen LogP contribution in [0.5, 0.6) is 0 Å². The Labute approximate surface area is 104 Å². The molecule has 0 aliphatic rings. The average molecular weight is 264 g/mol. The average Bonchev–Trinajstić information content (AvgIpc) is 2.59. The molecular weight excluding hydrogens is 253 g/mol. The van der Waals surface area contributed by atoms with E-state index >= 15 is 0 Å². The Morgan fingerprint density at radius 1 is 1.38 bits per heavy atom. The number of halogens is 2. The number of rotatable bonds is 2. The van der Waals surface area contributed by atoms with E-state index in [1.165, 1.54) is 6.20 Å². The number of fused-ring (bicyclic) bond motifs is 1. The highest BCUT2D eigenvalue weighted by Crippen LogP contribution is 2.07. The standard InChI is InChI=1S/C9H9N3O2.2ClH/c10-3-6-1-2-8-11-7(9(13)14)5-12(8)4-6;;/h1-2,4-5H,3,10H2,(H,13,14);2*1H. The summed E-state index contributed by atoms with van der Waals surface area (Å²) in [6, 6.07) is 3.57. The first-order valence-electron chi connectivity index (χ1n) is 4.11. The van der Waals surface area contributed by atoms with Crippen molar-refractivity contribution in [3.05, 3.63) is 35.8 Å². The lowest BCUT2D eigenvalue weighted by atomic mass is 10.3. The van der Waals surface area contributed by atoms with Gasteiger partial charge in [0.1, 0.15) is 5.65 Å². The van der Waals surface area contributed by atoms with Crippen molar-refractivity contribution in [1.29, 1.82) is 0 Å². The SMILES string of the molecule is Cl.Cl.NCc1ccc2nc(C(=O)O)cn2c1. The molecule has 0 unspecified atom stereocenters. The van der Waals surface area contributed by atoms with E-state index in [0.717, 1.165) is 5.56 Å². The van der Waals surface area contributed by atoms with Gasteiger partial charge in [0.25, 0.3) is 0 Å². The maximum absolute atomic E-state index is 10.6. The number of hydrogen-bond acceptors (Lipinski definition) is 3. The van der Waals surface area contributed by atoms with Crippen LogP contribution in [0.3, 0.4) is 0 Å². The molecule has 0 fully saturated rings. The predicted octanol–water partition coefficient (Wildman–Crippen LogP) is 1.33. The van der Waals surface area contributed by atoms with E-state index in [2.05, 4.69) is 4.98 Å². The molecule has 16 heavy (non-hydrogen) atoms. The van der Waals surface area contributed by atoms with Gasteiger partial charge in [-0.2, -0.15) is 0 Å². The van der Waals surface area contributed by atoms with Gasteiger partial charge < -0.3 is 15.2 Å². The lowest BCUT2D eigenvalue weighted by Gasteiger charge is -1.96. The molecule has 3 N–H and O–H groups in total. The molecule has 0 radical (unpaired) electrons. The number of nitrogens with two attached hydrogens (primary N) is 1. The van der Waals surface area contributed by atoms with E-state index in [0.29, 0.717) is 12.2 Å². The quantitative estimate of drug-likeness (QED) is 0.857. The first-order chi connectivity index (χ1) is 6.70. The topological polar surface area (TPSA) is 80.6 Å². The molecule has 2 aromatic heterocycles. The van der Waals surface area contributed by atoms with Gasteiger partial charge in [-0.1, -0.05) is 6.07 Å². The van der Waals surface area contributed by atoms with E-state index in [-0.39, 0.29) is 30.5 Å². The van der Waals surface area contributed by atoms with Crippen LogP contribution in [-0.2, 0) is 6.54 Å². The smallest absolute Gasteiger partial charge is 0.356 e. The summed E-state index contributed by atoms with van der Waals surface area (Å²) < 4.78 is 1.66. The van der Waals surface area contributed by atoms with Crippen molar-refractivity contribution in [2.75, 3.05) is 0 Å². The zero-order valence-corrected chi connectivity index (χ0v) is 9.79. The number of carboxylic acid groups (broad SMARTS) is 1. The van der Waals surface area contributed by atoms with Crippen LogP contribution in [0.15, 0.2) is 24.5 Å². The fourth-order valence-electron chi connectivity index (χ4n) is 1.26. The van der Waals surface area contributed by atoms with Gasteiger partial charge in [-0.3, -0.25) is 0 Å². The minimum Gasteiger partial charge on any atom is -0.476 e. The van der Waals surface area contributed by atoms with Gasteiger partial charge in [-0.05, 0) is 11.6 Å². The number of hydrogen-bond donors (Lipinski definition) is 2. The van der Waals surface area contributed by atoms with E-state index in [9.17, 15) is 4.79 Å². The minimum absolute atomic E-state index is 0. The number of carboxylic acids is 1. The number of imidazole rings is 1. The van der Waals surface area contributed by atoms with Crippen molar-refractivity contribution in [2.45, 2.75) is 6.54 Å². The maximum atomic E-state index is 10.6. The predicted molar refractivity (Wildman–Crippen MR) is 64.5 cm³/mol. The van der Waals surface area contributed by atoms with Gasteiger partial charge in [0, 0.05) is 18.9 Å². The third kappa shape index (κ3) is 2.63. The maximum Gasteiger partial charge on any atom is 0.356 e. The van der Waals surface area contributed by atoms with Crippen LogP contribution >= 0.6 is 24.8 Å². The number of aromatic carboxylic acids is 1. The second-order valence-electron chi connectivity index (χ2n) is 2.94.